The number of H-pyrrole nitrogens is 1. The first-order valence-electron chi connectivity index (χ1n) is 10.0. The summed E-state index contributed by atoms with van der Waals surface area (Å²) in [6.07, 6.45) is 1.63. The molecule has 0 saturated carbocycles. The number of fused-ring (bicyclic) bond motifs is 2. The predicted octanol–water partition coefficient (Wildman–Crippen LogP) is 2.89. The van der Waals surface area contributed by atoms with Crippen LogP contribution in [0, 0.1) is 0 Å². The summed E-state index contributed by atoms with van der Waals surface area (Å²) in [6.45, 7) is 4.88. The molecule has 0 bridgehead atoms. The molecule has 148 valence electrons. The molecule has 7 heteroatoms. The lowest BCUT2D eigenvalue weighted by molar-refractivity contribution is 0.245. The van der Waals surface area contributed by atoms with Crippen LogP contribution >= 0.6 is 0 Å². The van der Waals surface area contributed by atoms with Gasteiger partial charge in [-0.1, -0.05) is 12.1 Å². The number of nitrogens with one attached hydrogen (secondary N) is 1. The molecule has 29 heavy (non-hydrogen) atoms. The van der Waals surface area contributed by atoms with Crippen molar-refractivity contribution in [2.45, 2.75) is 6.54 Å². The van der Waals surface area contributed by atoms with Crippen LogP contribution in [0.1, 0.15) is 5.82 Å². The number of hydrogen-bond donors (Lipinski definition) is 1. The molecule has 0 atom stereocenters. The minimum Gasteiger partial charge on any atom is -0.369 e. The van der Waals surface area contributed by atoms with Crippen LogP contribution in [0.5, 0.6) is 0 Å². The third kappa shape index (κ3) is 3.49. The Morgan fingerprint density at radius 3 is 2.59 bits per heavy atom. The maximum atomic E-state index is 4.71. The number of aromatic amines is 1. The van der Waals surface area contributed by atoms with Gasteiger partial charge in [-0.2, -0.15) is 0 Å². The molecular weight excluding hydrogens is 362 g/mol. The fraction of sp³-hybridized carbons (Fsp3) is 0.318. The first-order chi connectivity index (χ1) is 14.2. The molecule has 1 fully saturated rings. The van der Waals surface area contributed by atoms with Gasteiger partial charge in [0.25, 0.3) is 0 Å². The molecule has 0 amide bonds. The molecule has 0 unspecified atom stereocenters. The summed E-state index contributed by atoms with van der Waals surface area (Å²) in [5, 5.41) is 1.10. The molecular formula is C22H25N7. The predicted molar refractivity (Wildman–Crippen MR) is 117 cm³/mol. The lowest BCUT2D eigenvalue weighted by Crippen LogP contribution is -2.46. The van der Waals surface area contributed by atoms with Crippen molar-refractivity contribution >= 4 is 33.4 Å². The third-order valence-electron chi connectivity index (χ3n) is 5.57. The van der Waals surface area contributed by atoms with E-state index in [0.29, 0.717) is 0 Å². The largest absolute Gasteiger partial charge is 0.369 e. The zero-order valence-electron chi connectivity index (χ0n) is 16.8. The van der Waals surface area contributed by atoms with Crippen molar-refractivity contribution in [3.63, 3.8) is 0 Å². The molecule has 5 rings (SSSR count). The Balaban J connectivity index is 1.29. The first kappa shape index (κ1) is 17.9. The van der Waals surface area contributed by atoms with Gasteiger partial charge < -0.3 is 14.8 Å². The number of piperazine rings is 1. The molecule has 0 aliphatic carbocycles. The Morgan fingerprint density at radius 2 is 1.79 bits per heavy atom. The second-order valence-electron chi connectivity index (χ2n) is 7.76. The summed E-state index contributed by atoms with van der Waals surface area (Å²) < 4.78 is 0. The zero-order chi connectivity index (χ0) is 19.8. The SMILES string of the molecule is CN(C)c1ncnc2ccc(N3CCN(Cc4nc5ccccc5[nH]4)CC3)cc12. The summed E-state index contributed by atoms with van der Waals surface area (Å²) >= 11 is 0. The van der Waals surface area contributed by atoms with Gasteiger partial charge in [0.1, 0.15) is 18.0 Å². The lowest BCUT2D eigenvalue weighted by atomic mass is 10.1. The van der Waals surface area contributed by atoms with Crippen molar-refractivity contribution in [3.05, 3.63) is 54.6 Å². The molecule has 4 aromatic rings. The van der Waals surface area contributed by atoms with Gasteiger partial charge in [-0.05, 0) is 30.3 Å². The Hall–Kier alpha value is -3.19. The summed E-state index contributed by atoms with van der Waals surface area (Å²) in [6, 6.07) is 14.7. The maximum Gasteiger partial charge on any atom is 0.139 e. The molecule has 2 aromatic carbocycles. The number of imidazole rings is 1. The Bertz CT molecular complexity index is 1110. The topological polar surface area (TPSA) is 64.2 Å². The normalized spacial score (nSPS) is 15.3. The van der Waals surface area contributed by atoms with Gasteiger partial charge in [-0.15, -0.1) is 0 Å². The average molecular weight is 387 g/mol. The number of nitrogens with zero attached hydrogens (tertiary/aromatic N) is 6. The smallest absolute Gasteiger partial charge is 0.139 e. The van der Waals surface area contributed by atoms with E-state index in [0.717, 1.165) is 66.3 Å². The molecule has 0 spiro atoms. The number of hydrogen-bond acceptors (Lipinski definition) is 6. The Labute approximate surface area is 170 Å². The van der Waals surface area contributed by atoms with Crippen LogP contribution in [-0.4, -0.2) is 65.1 Å². The van der Waals surface area contributed by atoms with Crippen LogP contribution in [0.25, 0.3) is 21.9 Å². The molecule has 7 nitrogen and oxygen atoms in total. The van der Waals surface area contributed by atoms with Crippen molar-refractivity contribution in [3.8, 4) is 0 Å². The van der Waals surface area contributed by atoms with Crippen LogP contribution in [0.3, 0.4) is 0 Å². The molecule has 1 aliphatic rings. The second kappa shape index (κ2) is 7.33. The van der Waals surface area contributed by atoms with Gasteiger partial charge >= 0.3 is 0 Å². The zero-order valence-corrected chi connectivity index (χ0v) is 16.8. The second-order valence-corrected chi connectivity index (χ2v) is 7.76. The third-order valence-corrected chi connectivity index (χ3v) is 5.57. The van der Waals surface area contributed by atoms with Crippen molar-refractivity contribution in [2.24, 2.45) is 0 Å². The number of benzene rings is 2. The summed E-state index contributed by atoms with van der Waals surface area (Å²) in [5.41, 5.74) is 4.36. The fourth-order valence-electron chi connectivity index (χ4n) is 4.04. The van der Waals surface area contributed by atoms with E-state index in [-0.39, 0.29) is 0 Å². The highest BCUT2D eigenvalue weighted by Crippen LogP contribution is 2.27. The van der Waals surface area contributed by atoms with E-state index in [4.69, 9.17) is 4.98 Å². The van der Waals surface area contributed by atoms with E-state index in [1.807, 2.05) is 31.1 Å². The van der Waals surface area contributed by atoms with Crippen molar-refractivity contribution < 1.29 is 0 Å². The van der Waals surface area contributed by atoms with E-state index < -0.39 is 0 Å². The quantitative estimate of drug-likeness (QED) is 0.581. The number of aromatic nitrogens is 4. The number of rotatable bonds is 4. The Kier molecular flexibility index (Phi) is 4.52. The van der Waals surface area contributed by atoms with E-state index >= 15 is 0 Å². The fourth-order valence-corrected chi connectivity index (χ4v) is 4.04. The average Bonchev–Trinajstić information content (AvgIpc) is 3.15. The molecule has 1 N–H and O–H groups in total. The molecule has 1 saturated heterocycles. The van der Waals surface area contributed by atoms with Gasteiger partial charge in [0.15, 0.2) is 0 Å². The summed E-state index contributed by atoms with van der Waals surface area (Å²) in [4.78, 5) is 24.0. The van der Waals surface area contributed by atoms with E-state index in [1.54, 1.807) is 6.33 Å². The monoisotopic (exact) mass is 387 g/mol. The highest BCUT2D eigenvalue weighted by Gasteiger charge is 2.19. The maximum absolute atomic E-state index is 4.71. The van der Waals surface area contributed by atoms with Crippen LogP contribution in [0.4, 0.5) is 11.5 Å². The minimum atomic E-state index is 0.860. The van der Waals surface area contributed by atoms with Crippen LogP contribution in [0.15, 0.2) is 48.8 Å². The van der Waals surface area contributed by atoms with Gasteiger partial charge in [-0.25, -0.2) is 15.0 Å². The standard InChI is InChI=1S/C22H25N7/c1-27(2)22-17-13-16(7-8-18(17)23-15-24-22)29-11-9-28(10-12-29)14-21-25-19-5-3-4-6-20(19)26-21/h3-8,13,15H,9-12,14H2,1-2H3,(H,25,26). The number of anilines is 2. The highest BCUT2D eigenvalue weighted by atomic mass is 15.3. The van der Waals surface area contributed by atoms with Crippen molar-refractivity contribution in [2.75, 3.05) is 50.1 Å². The first-order valence-corrected chi connectivity index (χ1v) is 10.0. The van der Waals surface area contributed by atoms with Gasteiger partial charge in [0, 0.05) is 51.3 Å². The molecule has 0 radical (unpaired) electrons. The summed E-state index contributed by atoms with van der Waals surface area (Å²) in [7, 11) is 4.04. The van der Waals surface area contributed by atoms with E-state index in [2.05, 4.69) is 55.1 Å². The van der Waals surface area contributed by atoms with Crippen molar-refractivity contribution in [1.82, 2.24) is 24.8 Å². The van der Waals surface area contributed by atoms with E-state index in [1.165, 1.54) is 5.69 Å². The number of para-hydroxylation sites is 2. The minimum absolute atomic E-state index is 0.860. The van der Waals surface area contributed by atoms with Gasteiger partial charge in [-0.3, -0.25) is 4.90 Å². The van der Waals surface area contributed by atoms with Crippen LogP contribution in [-0.2, 0) is 6.54 Å². The van der Waals surface area contributed by atoms with E-state index in [9.17, 15) is 0 Å². The van der Waals surface area contributed by atoms with Crippen LogP contribution in [0.2, 0.25) is 0 Å². The Morgan fingerprint density at radius 1 is 0.966 bits per heavy atom. The molecule has 1 aliphatic heterocycles. The van der Waals surface area contributed by atoms with Gasteiger partial charge in [0.05, 0.1) is 23.1 Å². The van der Waals surface area contributed by atoms with Crippen molar-refractivity contribution in [1.29, 1.82) is 0 Å². The highest BCUT2D eigenvalue weighted by molar-refractivity contribution is 5.91. The lowest BCUT2D eigenvalue weighted by Gasteiger charge is -2.35. The van der Waals surface area contributed by atoms with Gasteiger partial charge in [0.2, 0.25) is 0 Å². The van der Waals surface area contributed by atoms with Crippen LogP contribution < -0.4 is 9.80 Å². The molecule has 2 aromatic heterocycles. The molecule has 3 heterocycles. The summed E-state index contributed by atoms with van der Waals surface area (Å²) in [5.74, 6) is 2.00.